The molecule has 0 aliphatic carbocycles. The number of ether oxygens (including phenoxy) is 3. The van der Waals surface area contributed by atoms with Crippen molar-refractivity contribution < 1.29 is 23.8 Å². The maximum absolute atomic E-state index is 12.9. The second-order valence-electron chi connectivity index (χ2n) is 8.38. The van der Waals surface area contributed by atoms with Crippen LogP contribution in [0.5, 0.6) is 5.75 Å². The number of carbonyl (C=O) groups excluding carboxylic acids is 2. The predicted octanol–water partition coefficient (Wildman–Crippen LogP) is 2.23. The van der Waals surface area contributed by atoms with E-state index in [1.807, 2.05) is 0 Å². The largest absolute Gasteiger partial charge is 0.496 e. The molecular weight excluding hydrogens is 436 g/mol. The summed E-state index contributed by atoms with van der Waals surface area (Å²) in [4.78, 5) is 28.7. The topological polar surface area (TPSA) is 106 Å². The number of hydrogen-bond acceptors (Lipinski definition) is 7. The first-order chi connectivity index (χ1) is 15.4. The minimum absolute atomic E-state index is 0.119. The van der Waals surface area contributed by atoms with E-state index in [4.69, 9.17) is 31.5 Å². The Kier molecular flexibility index (Phi) is 8.44. The van der Waals surface area contributed by atoms with Crippen molar-refractivity contribution in [2.45, 2.75) is 31.4 Å². The van der Waals surface area contributed by atoms with Crippen LogP contribution in [-0.2, 0) is 9.47 Å². The number of amides is 2. The minimum Gasteiger partial charge on any atom is -0.496 e. The van der Waals surface area contributed by atoms with Gasteiger partial charge in [-0.05, 0) is 31.2 Å². The zero-order chi connectivity index (χ0) is 23.3. The maximum atomic E-state index is 12.9. The van der Waals surface area contributed by atoms with E-state index in [0.29, 0.717) is 27.9 Å². The number of rotatable bonds is 6. The zero-order valence-electron chi connectivity index (χ0n) is 18.9. The number of halogens is 1. The first kappa shape index (κ1) is 24.4. The molecular formula is C22H33ClN4O5. The van der Waals surface area contributed by atoms with Crippen LogP contribution >= 0.6 is 11.6 Å². The highest BCUT2D eigenvalue weighted by Gasteiger charge is 2.33. The van der Waals surface area contributed by atoms with Crippen molar-refractivity contribution in [3.63, 3.8) is 0 Å². The van der Waals surface area contributed by atoms with Crippen molar-refractivity contribution in [3.05, 3.63) is 22.7 Å². The van der Waals surface area contributed by atoms with Crippen molar-refractivity contribution in [2.75, 3.05) is 59.8 Å². The highest BCUT2D eigenvalue weighted by Crippen LogP contribution is 2.29. The lowest BCUT2D eigenvalue weighted by molar-refractivity contribution is -0.00120. The number of nitrogen functional groups attached to an aromatic ring is 1. The van der Waals surface area contributed by atoms with Gasteiger partial charge in [-0.25, -0.2) is 4.79 Å². The van der Waals surface area contributed by atoms with Gasteiger partial charge in [-0.3, -0.25) is 4.79 Å². The molecule has 1 aromatic rings. The Hall–Kier alpha value is -2.23. The van der Waals surface area contributed by atoms with Gasteiger partial charge in [0.15, 0.2) is 0 Å². The third-order valence-corrected chi connectivity index (χ3v) is 6.72. The Morgan fingerprint density at radius 3 is 2.50 bits per heavy atom. The van der Waals surface area contributed by atoms with Crippen molar-refractivity contribution >= 4 is 29.3 Å². The Morgan fingerprint density at radius 1 is 1.16 bits per heavy atom. The average Bonchev–Trinajstić information content (AvgIpc) is 2.81. The SMILES string of the molecule is COC(=O)N1CCC(CN2CC[C@@H](NC(=O)c3cc(Cl)c(N)cc3OC)[C@@H](OC)C2)CC1. The van der Waals surface area contributed by atoms with E-state index in [9.17, 15) is 9.59 Å². The lowest BCUT2D eigenvalue weighted by Crippen LogP contribution is -2.55. The van der Waals surface area contributed by atoms with Gasteiger partial charge in [-0.15, -0.1) is 0 Å². The lowest BCUT2D eigenvalue weighted by Gasteiger charge is -2.40. The summed E-state index contributed by atoms with van der Waals surface area (Å²) < 4.78 is 15.8. The van der Waals surface area contributed by atoms with Crippen molar-refractivity contribution in [2.24, 2.45) is 5.92 Å². The summed E-state index contributed by atoms with van der Waals surface area (Å²) in [6.07, 6.45) is 2.31. The summed E-state index contributed by atoms with van der Waals surface area (Å²) in [7, 11) is 4.58. The summed E-state index contributed by atoms with van der Waals surface area (Å²) in [5, 5.41) is 3.39. The molecule has 2 fully saturated rings. The van der Waals surface area contributed by atoms with Crippen LogP contribution in [0.1, 0.15) is 29.6 Å². The number of nitrogens with one attached hydrogen (secondary N) is 1. The van der Waals surface area contributed by atoms with Gasteiger partial charge in [0.05, 0.1) is 42.6 Å². The van der Waals surface area contributed by atoms with Crippen LogP contribution in [0.2, 0.25) is 5.02 Å². The van der Waals surface area contributed by atoms with Gasteiger partial charge >= 0.3 is 6.09 Å². The van der Waals surface area contributed by atoms with Gasteiger partial charge in [0.1, 0.15) is 5.75 Å². The number of carbonyl (C=O) groups is 2. The second kappa shape index (κ2) is 11.1. The second-order valence-corrected chi connectivity index (χ2v) is 8.78. The van der Waals surface area contributed by atoms with Gasteiger partial charge < -0.3 is 35.1 Å². The normalized spacial score (nSPS) is 22.4. The number of piperidine rings is 2. The molecule has 0 spiro atoms. The number of methoxy groups -OCH3 is 3. The molecule has 2 atom stereocenters. The fraction of sp³-hybridized carbons (Fsp3) is 0.636. The molecule has 2 aliphatic rings. The Morgan fingerprint density at radius 2 is 1.88 bits per heavy atom. The van der Waals surface area contributed by atoms with Crippen LogP contribution in [-0.4, -0.2) is 88.0 Å². The van der Waals surface area contributed by atoms with Crippen LogP contribution < -0.4 is 15.8 Å². The van der Waals surface area contributed by atoms with E-state index in [1.165, 1.54) is 20.3 Å². The summed E-state index contributed by atoms with van der Waals surface area (Å²) in [6.45, 7) is 4.00. The monoisotopic (exact) mass is 468 g/mol. The Labute approximate surface area is 194 Å². The Bertz CT molecular complexity index is 816. The summed E-state index contributed by atoms with van der Waals surface area (Å²) in [5.74, 6) is 0.647. The van der Waals surface area contributed by atoms with Crippen LogP contribution in [0.25, 0.3) is 0 Å². The van der Waals surface area contributed by atoms with Crippen LogP contribution in [0.4, 0.5) is 10.5 Å². The first-order valence-electron chi connectivity index (χ1n) is 10.9. The first-order valence-corrected chi connectivity index (χ1v) is 11.3. The molecule has 178 valence electrons. The molecule has 1 aromatic carbocycles. The summed E-state index contributed by atoms with van der Waals surface area (Å²) in [5.41, 5.74) is 6.53. The molecule has 2 saturated heterocycles. The molecule has 2 aliphatic heterocycles. The average molecular weight is 469 g/mol. The predicted molar refractivity (Wildman–Crippen MR) is 122 cm³/mol. The van der Waals surface area contributed by atoms with Crippen LogP contribution in [0.3, 0.4) is 0 Å². The van der Waals surface area contributed by atoms with Gasteiger partial charge in [-0.1, -0.05) is 11.6 Å². The maximum Gasteiger partial charge on any atom is 0.409 e. The van der Waals surface area contributed by atoms with E-state index >= 15 is 0 Å². The van der Waals surface area contributed by atoms with Crippen LogP contribution in [0, 0.1) is 5.92 Å². The zero-order valence-corrected chi connectivity index (χ0v) is 19.7. The molecule has 2 amide bonds. The minimum atomic E-state index is -0.264. The van der Waals surface area contributed by atoms with E-state index in [1.54, 1.807) is 18.1 Å². The number of nitrogens with zero attached hydrogens (tertiary/aromatic N) is 2. The number of likely N-dealkylation sites (tertiary alicyclic amines) is 2. The van der Waals surface area contributed by atoms with Crippen LogP contribution in [0.15, 0.2) is 12.1 Å². The molecule has 0 aromatic heterocycles. The molecule has 0 radical (unpaired) electrons. The molecule has 3 N–H and O–H groups in total. The third-order valence-electron chi connectivity index (χ3n) is 6.39. The number of hydrogen-bond donors (Lipinski definition) is 2. The van der Waals surface area contributed by atoms with Gasteiger partial charge in [0.25, 0.3) is 5.91 Å². The van der Waals surface area contributed by atoms with E-state index in [0.717, 1.165) is 52.0 Å². The molecule has 32 heavy (non-hydrogen) atoms. The van der Waals surface area contributed by atoms with Gasteiger partial charge in [-0.2, -0.15) is 0 Å². The summed E-state index contributed by atoms with van der Waals surface area (Å²) in [6, 6.07) is 2.97. The highest BCUT2D eigenvalue weighted by atomic mass is 35.5. The number of anilines is 1. The van der Waals surface area contributed by atoms with Gasteiger partial charge in [0, 0.05) is 45.9 Å². The van der Waals surface area contributed by atoms with Crippen molar-refractivity contribution in [1.29, 1.82) is 0 Å². The fourth-order valence-electron chi connectivity index (χ4n) is 4.50. The quantitative estimate of drug-likeness (QED) is 0.616. The van der Waals surface area contributed by atoms with E-state index in [2.05, 4.69) is 10.2 Å². The standard InChI is InChI=1S/C22H33ClN4O5/c1-30-19-11-17(24)16(23)10-15(19)21(28)25-18-6-7-26(13-20(18)31-2)12-14-4-8-27(9-5-14)22(29)32-3/h10-11,14,18,20H,4-9,12-13,24H2,1-3H3,(H,25,28)/t18-,20+/m1/s1. The molecule has 3 rings (SSSR count). The number of benzene rings is 1. The molecule has 9 nitrogen and oxygen atoms in total. The Balaban J connectivity index is 1.54. The molecule has 0 saturated carbocycles. The summed E-state index contributed by atoms with van der Waals surface area (Å²) >= 11 is 6.11. The molecule has 0 bridgehead atoms. The smallest absolute Gasteiger partial charge is 0.409 e. The van der Waals surface area contributed by atoms with E-state index in [-0.39, 0.29) is 24.1 Å². The molecule has 0 unspecified atom stereocenters. The number of nitrogens with two attached hydrogens (primary N) is 1. The van der Waals surface area contributed by atoms with Crippen molar-refractivity contribution in [1.82, 2.24) is 15.1 Å². The fourth-order valence-corrected chi connectivity index (χ4v) is 4.67. The van der Waals surface area contributed by atoms with Crippen molar-refractivity contribution in [3.8, 4) is 5.75 Å². The third kappa shape index (κ3) is 5.76. The highest BCUT2D eigenvalue weighted by molar-refractivity contribution is 6.33. The molecule has 2 heterocycles. The lowest BCUT2D eigenvalue weighted by atomic mass is 9.94. The van der Waals surface area contributed by atoms with Gasteiger partial charge in [0.2, 0.25) is 0 Å². The molecule has 10 heteroatoms. The van der Waals surface area contributed by atoms with E-state index < -0.39 is 0 Å².